The molecule has 0 aliphatic carbocycles. The van der Waals surface area contributed by atoms with Crippen LogP contribution in [0.1, 0.15) is 40.0 Å². The number of hydrogen-bond donors (Lipinski definition) is 2. The highest BCUT2D eigenvalue weighted by atomic mass is 32.1. The van der Waals surface area contributed by atoms with Gasteiger partial charge in [-0.3, -0.25) is 0 Å². The lowest BCUT2D eigenvalue weighted by molar-refractivity contribution is 0.346. The molecule has 12 heavy (non-hydrogen) atoms. The third-order valence-electron chi connectivity index (χ3n) is 2.97. The van der Waals surface area contributed by atoms with Crippen molar-refractivity contribution in [2.24, 2.45) is 11.8 Å². The van der Waals surface area contributed by atoms with Crippen LogP contribution in [-0.2, 0) is 0 Å². The fourth-order valence-corrected chi connectivity index (χ4v) is 2.13. The van der Waals surface area contributed by atoms with Crippen molar-refractivity contribution in [2.75, 3.05) is 6.54 Å². The summed E-state index contributed by atoms with van der Waals surface area (Å²) in [5.74, 6) is 1.72. The first-order valence-corrected chi connectivity index (χ1v) is 5.43. The van der Waals surface area contributed by atoms with Gasteiger partial charge in [-0.25, -0.2) is 0 Å². The van der Waals surface area contributed by atoms with Gasteiger partial charge in [0.25, 0.3) is 0 Å². The number of thiol groups is 1. The normalized spacial score (nSPS) is 38.2. The molecule has 1 N–H and O–H groups in total. The van der Waals surface area contributed by atoms with Gasteiger partial charge in [-0.2, -0.15) is 12.6 Å². The summed E-state index contributed by atoms with van der Waals surface area (Å²) in [5, 5.41) is 3.47. The lowest BCUT2D eigenvalue weighted by atomic mass is 9.88. The van der Waals surface area contributed by atoms with Crippen LogP contribution in [0.2, 0.25) is 0 Å². The Labute approximate surface area is 81.7 Å². The van der Waals surface area contributed by atoms with Crippen molar-refractivity contribution in [2.45, 2.75) is 44.9 Å². The van der Waals surface area contributed by atoms with Crippen LogP contribution in [0, 0.1) is 11.8 Å². The summed E-state index contributed by atoms with van der Waals surface area (Å²) in [5.41, 5.74) is 0. The van der Waals surface area contributed by atoms with E-state index >= 15 is 0 Å². The first-order chi connectivity index (χ1) is 5.51. The molecule has 0 spiro atoms. The van der Waals surface area contributed by atoms with E-state index in [4.69, 9.17) is 0 Å². The van der Waals surface area contributed by atoms with Crippen molar-refractivity contribution in [1.29, 1.82) is 0 Å². The molecule has 2 atom stereocenters. The van der Waals surface area contributed by atoms with Gasteiger partial charge in [-0.15, -0.1) is 0 Å². The fraction of sp³-hybridized carbons (Fsp3) is 1.00. The second kappa shape index (κ2) is 4.01. The summed E-state index contributed by atoms with van der Waals surface area (Å²) in [7, 11) is 0. The zero-order valence-electron chi connectivity index (χ0n) is 8.43. The Balaban J connectivity index is 2.45. The smallest absolute Gasteiger partial charge is 0.0587 e. The standard InChI is InChI=1S/C10H21NS/c1-8(2)9-4-6-10(3,12)11-7-5-9/h8-9,11-12H,4-7H2,1-3H3. The van der Waals surface area contributed by atoms with Crippen molar-refractivity contribution in [1.82, 2.24) is 5.32 Å². The third kappa shape index (κ3) is 2.98. The molecule has 1 fully saturated rings. The van der Waals surface area contributed by atoms with E-state index in [1.807, 2.05) is 0 Å². The van der Waals surface area contributed by atoms with Gasteiger partial charge in [0.2, 0.25) is 0 Å². The Morgan fingerprint density at radius 2 is 2.08 bits per heavy atom. The minimum Gasteiger partial charge on any atom is -0.303 e. The maximum absolute atomic E-state index is 4.58. The average Bonchev–Trinajstić information content (AvgIpc) is 2.10. The van der Waals surface area contributed by atoms with E-state index in [1.165, 1.54) is 19.3 Å². The summed E-state index contributed by atoms with van der Waals surface area (Å²) in [6.45, 7) is 7.96. The van der Waals surface area contributed by atoms with E-state index in [0.717, 1.165) is 18.4 Å². The van der Waals surface area contributed by atoms with E-state index in [2.05, 4.69) is 38.7 Å². The second-order valence-corrected chi connectivity index (χ2v) is 5.52. The first-order valence-electron chi connectivity index (χ1n) is 4.99. The zero-order chi connectivity index (χ0) is 9.19. The van der Waals surface area contributed by atoms with Crippen LogP contribution in [0.4, 0.5) is 0 Å². The molecule has 72 valence electrons. The molecule has 0 bridgehead atoms. The highest BCUT2D eigenvalue weighted by Crippen LogP contribution is 2.29. The largest absolute Gasteiger partial charge is 0.303 e. The summed E-state index contributed by atoms with van der Waals surface area (Å²) < 4.78 is 0. The van der Waals surface area contributed by atoms with Gasteiger partial charge in [0.1, 0.15) is 0 Å². The van der Waals surface area contributed by atoms with Gasteiger partial charge in [-0.05, 0) is 44.6 Å². The van der Waals surface area contributed by atoms with Crippen LogP contribution >= 0.6 is 12.6 Å². The monoisotopic (exact) mass is 187 g/mol. The van der Waals surface area contributed by atoms with Gasteiger partial charge in [-0.1, -0.05) is 13.8 Å². The van der Waals surface area contributed by atoms with Crippen LogP contribution in [0.25, 0.3) is 0 Å². The summed E-state index contributed by atoms with van der Waals surface area (Å²) in [6, 6.07) is 0. The molecule has 1 heterocycles. The Kier molecular flexibility index (Phi) is 3.47. The highest BCUT2D eigenvalue weighted by Gasteiger charge is 2.25. The summed E-state index contributed by atoms with van der Waals surface area (Å²) in [4.78, 5) is 0.0731. The third-order valence-corrected chi connectivity index (χ3v) is 3.35. The second-order valence-electron chi connectivity index (χ2n) is 4.53. The van der Waals surface area contributed by atoms with E-state index < -0.39 is 0 Å². The molecule has 0 amide bonds. The molecule has 2 unspecified atom stereocenters. The van der Waals surface area contributed by atoms with Crippen LogP contribution in [0.5, 0.6) is 0 Å². The quantitative estimate of drug-likeness (QED) is 0.601. The molecule has 0 aromatic rings. The van der Waals surface area contributed by atoms with Crippen LogP contribution in [-0.4, -0.2) is 11.4 Å². The van der Waals surface area contributed by atoms with Gasteiger partial charge in [0.05, 0.1) is 4.87 Å². The van der Waals surface area contributed by atoms with E-state index in [-0.39, 0.29) is 4.87 Å². The summed E-state index contributed by atoms with van der Waals surface area (Å²) in [6.07, 6.45) is 3.83. The van der Waals surface area contributed by atoms with E-state index in [1.54, 1.807) is 0 Å². The molecule has 0 radical (unpaired) electrons. The fourth-order valence-electron chi connectivity index (χ4n) is 1.89. The molecule has 0 aromatic heterocycles. The minimum atomic E-state index is 0.0731. The van der Waals surface area contributed by atoms with Gasteiger partial charge in [0, 0.05) is 0 Å². The molecule has 1 aliphatic rings. The molecule has 0 aromatic carbocycles. The van der Waals surface area contributed by atoms with Gasteiger partial charge < -0.3 is 5.32 Å². The van der Waals surface area contributed by atoms with Crippen molar-refractivity contribution in [3.8, 4) is 0 Å². The minimum absolute atomic E-state index is 0.0731. The SMILES string of the molecule is CC(C)C1CCNC(C)(S)CC1. The Hall–Kier alpha value is 0.310. The lowest BCUT2D eigenvalue weighted by Gasteiger charge is -2.22. The molecule has 1 rings (SSSR count). The predicted molar refractivity (Wildman–Crippen MR) is 57.6 cm³/mol. The van der Waals surface area contributed by atoms with Crippen LogP contribution < -0.4 is 5.32 Å². The van der Waals surface area contributed by atoms with Gasteiger partial charge >= 0.3 is 0 Å². The first kappa shape index (κ1) is 10.4. The van der Waals surface area contributed by atoms with E-state index in [0.29, 0.717) is 0 Å². The Morgan fingerprint density at radius 1 is 1.42 bits per heavy atom. The topological polar surface area (TPSA) is 12.0 Å². The van der Waals surface area contributed by atoms with Gasteiger partial charge in [0.15, 0.2) is 0 Å². The number of rotatable bonds is 1. The average molecular weight is 187 g/mol. The van der Waals surface area contributed by atoms with Crippen molar-refractivity contribution >= 4 is 12.6 Å². The van der Waals surface area contributed by atoms with Crippen LogP contribution in [0.3, 0.4) is 0 Å². The predicted octanol–water partition coefficient (Wildman–Crippen LogP) is 2.68. The number of nitrogens with one attached hydrogen (secondary N) is 1. The molecular formula is C10H21NS. The summed E-state index contributed by atoms with van der Waals surface area (Å²) >= 11 is 4.58. The molecule has 1 aliphatic heterocycles. The molecule has 0 saturated carbocycles. The van der Waals surface area contributed by atoms with Crippen molar-refractivity contribution in [3.63, 3.8) is 0 Å². The van der Waals surface area contributed by atoms with E-state index in [9.17, 15) is 0 Å². The maximum atomic E-state index is 4.58. The van der Waals surface area contributed by atoms with Crippen LogP contribution in [0.15, 0.2) is 0 Å². The molecule has 2 heteroatoms. The molecule has 1 nitrogen and oxygen atoms in total. The Morgan fingerprint density at radius 3 is 2.67 bits per heavy atom. The molecular weight excluding hydrogens is 166 g/mol. The number of hydrogen-bond acceptors (Lipinski definition) is 2. The highest BCUT2D eigenvalue weighted by molar-refractivity contribution is 7.81. The maximum Gasteiger partial charge on any atom is 0.0587 e. The zero-order valence-corrected chi connectivity index (χ0v) is 9.32. The Bertz CT molecular complexity index is 143. The lowest BCUT2D eigenvalue weighted by Crippen LogP contribution is -2.35. The van der Waals surface area contributed by atoms with Crippen molar-refractivity contribution < 1.29 is 0 Å². The molecule has 1 saturated heterocycles. The van der Waals surface area contributed by atoms with Crippen molar-refractivity contribution in [3.05, 3.63) is 0 Å².